The Morgan fingerprint density at radius 2 is 2.09 bits per heavy atom. The van der Waals surface area contributed by atoms with Crippen molar-refractivity contribution in [1.29, 1.82) is 0 Å². The lowest BCUT2D eigenvalue weighted by atomic mass is 9.98. The maximum absolute atomic E-state index is 12.2. The van der Waals surface area contributed by atoms with E-state index in [1.807, 2.05) is 30.5 Å². The highest BCUT2D eigenvalue weighted by molar-refractivity contribution is 7.12. The van der Waals surface area contributed by atoms with Crippen LogP contribution in [0.2, 0.25) is 5.02 Å². The molecule has 0 atom stereocenters. The zero-order chi connectivity index (χ0) is 15.7. The summed E-state index contributed by atoms with van der Waals surface area (Å²) >= 11 is 7.46. The lowest BCUT2D eigenvalue weighted by Crippen LogP contribution is -2.54. The predicted octanol–water partition coefficient (Wildman–Crippen LogP) is 3.42. The molecule has 1 aliphatic heterocycles. The van der Waals surface area contributed by atoms with Crippen molar-refractivity contribution in [3.63, 3.8) is 0 Å². The molecule has 6 heteroatoms. The van der Waals surface area contributed by atoms with Crippen LogP contribution in [0, 0.1) is 12.8 Å². The number of rotatable bonds is 3. The summed E-state index contributed by atoms with van der Waals surface area (Å²) in [6.07, 6.45) is 0. The molecule has 2 heterocycles. The third-order valence-corrected chi connectivity index (χ3v) is 4.98. The van der Waals surface area contributed by atoms with Crippen molar-refractivity contribution in [3.8, 4) is 0 Å². The predicted molar refractivity (Wildman–Crippen MR) is 88.5 cm³/mol. The molecule has 1 aromatic heterocycles. The van der Waals surface area contributed by atoms with E-state index in [9.17, 15) is 9.59 Å². The number of amides is 2. The molecule has 1 saturated heterocycles. The first kappa shape index (κ1) is 15.1. The maximum atomic E-state index is 12.2. The van der Waals surface area contributed by atoms with Crippen LogP contribution in [0.3, 0.4) is 0 Å². The molecule has 114 valence electrons. The van der Waals surface area contributed by atoms with E-state index in [2.05, 4.69) is 5.32 Å². The van der Waals surface area contributed by atoms with E-state index in [4.69, 9.17) is 11.6 Å². The van der Waals surface area contributed by atoms with Gasteiger partial charge in [0.25, 0.3) is 5.91 Å². The van der Waals surface area contributed by atoms with Crippen LogP contribution in [-0.2, 0) is 4.79 Å². The van der Waals surface area contributed by atoms with Gasteiger partial charge in [0, 0.05) is 23.8 Å². The van der Waals surface area contributed by atoms with Crippen molar-refractivity contribution in [2.75, 3.05) is 18.4 Å². The Morgan fingerprint density at radius 1 is 1.32 bits per heavy atom. The molecule has 0 radical (unpaired) electrons. The topological polar surface area (TPSA) is 49.4 Å². The Bertz CT molecular complexity index is 709. The summed E-state index contributed by atoms with van der Waals surface area (Å²) in [4.78, 5) is 26.6. The lowest BCUT2D eigenvalue weighted by molar-refractivity contribution is -0.123. The maximum Gasteiger partial charge on any atom is 0.263 e. The van der Waals surface area contributed by atoms with Crippen LogP contribution in [0.1, 0.15) is 15.2 Å². The molecule has 1 fully saturated rings. The summed E-state index contributed by atoms with van der Waals surface area (Å²) in [6.45, 7) is 2.83. The highest BCUT2D eigenvalue weighted by atomic mass is 35.5. The van der Waals surface area contributed by atoms with Crippen molar-refractivity contribution >= 4 is 40.4 Å². The van der Waals surface area contributed by atoms with Gasteiger partial charge in [0.05, 0.1) is 10.8 Å². The molecular weight excluding hydrogens is 320 g/mol. The Hall–Kier alpha value is -1.85. The van der Waals surface area contributed by atoms with Crippen molar-refractivity contribution in [1.82, 2.24) is 4.90 Å². The van der Waals surface area contributed by atoms with E-state index < -0.39 is 0 Å². The zero-order valence-corrected chi connectivity index (χ0v) is 13.6. The minimum Gasteiger partial charge on any atom is -0.336 e. The van der Waals surface area contributed by atoms with Crippen molar-refractivity contribution in [3.05, 3.63) is 51.2 Å². The molecule has 0 saturated carbocycles. The van der Waals surface area contributed by atoms with Gasteiger partial charge >= 0.3 is 0 Å². The van der Waals surface area contributed by atoms with Gasteiger partial charge in [-0.25, -0.2) is 0 Å². The number of aryl methyl sites for hydroxylation is 1. The van der Waals surface area contributed by atoms with Gasteiger partial charge in [-0.3, -0.25) is 9.59 Å². The molecule has 3 rings (SSSR count). The summed E-state index contributed by atoms with van der Waals surface area (Å²) in [5.74, 6) is -0.239. The number of anilines is 1. The fourth-order valence-corrected chi connectivity index (χ4v) is 3.15. The number of hydrogen-bond acceptors (Lipinski definition) is 3. The quantitative estimate of drug-likeness (QED) is 0.935. The number of nitrogens with one attached hydrogen (secondary N) is 1. The first-order valence-corrected chi connectivity index (χ1v) is 8.20. The summed E-state index contributed by atoms with van der Waals surface area (Å²) in [7, 11) is 0. The smallest absolute Gasteiger partial charge is 0.263 e. The summed E-state index contributed by atoms with van der Waals surface area (Å²) < 4.78 is 0. The van der Waals surface area contributed by atoms with E-state index in [0.717, 1.165) is 5.56 Å². The van der Waals surface area contributed by atoms with Crippen LogP contribution in [0.25, 0.3) is 0 Å². The first-order chi connectivity index (χ1) is 10.5. The van der Waals surface area contributed by atoms with Crippen molar-refractivity contribution in [2.45, 2.75) is 6.92 Å². The standard InChI is InChI=1S/C16H15ClN2O2S/c1-10-4-5-12(7-13(10)17)18-15(20)11-8-19(9-11)16(21)14-3-2-6-22-14/h2-7,11H,8-9H2,1H3,(H,18,20). The zero-order valence-electron chi connectivity index (χ0n) is 12.0. The molecule has 0 bridgehead atoms. The van der Waals surface area contributed by atoms with Gasteiger partial charge in [-0.05, 0) is 36.1 Å². The Kier molecular flexibility index (Phi) is 4.18. The fourth-order valence-electron chi connectivity index (χ4n) is 2.28. The van der Waals surface area contributed by atoms with Crippen LogP contribution in [0.4, 0.5) is 5.69 Å². The molecule has 1 N–H and O–H groups in total. The number of nitrogens with zero attached hydrogens (tertiary/aromatic N) is 1. The SMILES string of the molecule is Cc1ccc(NC(=O)C2CN(C(=O)c3cccs3)C2)cc1Cl. The molecule has 2 aromatic rings. The Labute approximate surface area is 137 Å². The van der Waals surface area contributed by atoms with Crippen LogP contribution < -0.4 is 5.32 Å². The molecule has 22 heavy (non-hydrogen) atoms. The average Bonchev–Trinajstić information content (AvgIpc) is 2.95. The molecule has 4 nitrogen and oxygen atoms in total. The molecule has 1 aromatic carbocycles. The second-order valence-electron chi connectivity index (χ2n) is 5.34. The number of carbonyl (C=O) groups is 2. The van der Waals surface area contributed by atoms with Gasteiger partial charge in [-0.15, -0.1) is 11.3 Å². The normalized spacial score (nSPS) is 14.5. The third-order valence-electron chi connectivity index (χ3n) is 3.71. The molecule has 0 unspecified atom stereocenters. The first-order valence-electron chi connectivity index (χ1n) is 6.94. The van der Waals surface area contributed by atoms with Crippen LogP contribution in [-0.4, -0.2) is 29.8 Å². The monoisotopic (exact) mass is 334 g/mol. The number of thiophene rings is 1. The minimum atomic E-state index is -0.163. The van der Waals surface area contributed by atoms with Gasteiger partial charge in [0.2, 0.25) is 5.91 Å². The second kappa shape index (κ2) is 6.10. The van der Waals surface area contributed by atoms with Crippen molar-refractivity contribution in [2.24, 2.45) is 5.92 Å². The fraction of sp³-hybridized carbons (Fsp3) is 0.250. The highest BCUT2D eigenvalue weighted by Crippen LogP contribution is 2.24. The van der Waals surface area contributed by atoms with Gasteiger partial charge in [-0.2, -0.15) is 0 Å². The summed E-state index contributed by atoms with van der Waals surface area (Å²) in [5, 5.41) is 5.35. The summed E-state index contributed by atoms with van der Waals surface area (Å²) in [6, 6.07) is 9.08. The minimum absolute atomic E-state index is 0.00238. The number of carbonyl (C=O) groups excluding carboxylic acids is 2. The molecule has 2 amide bonds. The van der Waals surface area contributed by atoms with Gasteiger partial charge in [0.15, 0.2) is 0 Å². The van der Waals surface area contributed by atoms with Gasteiger partial charge < -0.3 is 10.2 Å². The summed E-state index contributed by atoms with van der Waals surface area (Å²) in [5.41, 5.74) is 1.65. The van der Waals surface area contributed by atoms with Crippen LogP contribution in [0.5, 0.6) is 0 Å². The average molecular weight is 335 g/mol. The molecule has 0 spiro atoms. The van der Waals surface area contributed by atoms with Gasteiger partial charge in [0.1, 0.15) is 0 Å². The Morgan fingerprint density at radius 3 is 2.73 bits per heavy atom. The highest BCUT2D eigenvalue weighted by Gasteiger charge is 2.36. The second-order valence-corrected chi connectivity index (χ2v) is 6.69. The third kappa shape index (κ3) is 3.00. The van der Waals surface area contributed by atoms with E-state index in [-0.39, 0.29) is 17.7 Å². The van der Waals surface area contributed by atoms with E-state index >= 15 is 0 Å². The number of benzene rings is 1. The number of likely N-dealkylation sites (tertiary alicyclic amines) is 1. The van der Waals surface area contributed by atoms with E-state index in [1.54, 1.807) is 17.0 Å². The number of hydrogen-bond donors (Lipinski definition) is 1. The Balaban J connectivity index is 1.55. The largest absolute Gasteiger partial charge is 0.336 e. The van der Waals surface area contributed by atoms with Crippen LogP contribution in [0.15, 0.2) is 35.7 Å². The molecule has 1 aliphatic rings. The van der Waals surface area contributed by atoms with Crippen LogP contribution >= 0.6 is 22.9 Å². The van der Waals surface area contributed by atoms with Crippen molar-refractivity contribution < 1.29 is 9.59 Å². The molecular formula is C16H15ClN2O2S. The van der Waals surface area contributed by atoms with Gasteiger partial charge in [-0.1, -0.05) is 23.7 Å². The van der Waals surface area contributed by atoms with E-state index in [1.165, 1.54) is 11.3 Å². The number of halogens is 1. The van der Waals surface area contributed by atoms with E-state index in [0.29, 0.717) is 28.7 Å². The lowest BCUT2D eigenvalue weighted by Gasteiger charge is -2.37. The molecule has 0 aliphatic carbocycles.